The summed E-state index contributed by atoms with van der Waals surface area (Å²) in [6.45, 7) is 4.59. The third-order valence-corrected chi connectivity index (χ3v) is 3.64. The number of hydrogen-bond donors (Lipinski definition) is 0. The minimum atomic E-state index is -0.188. The van der Waals surface area contributed by atoms with E-state index in [2.05, 4.69) is 11.7 Å². The van der Waals surface area contributed by atoms with Crippen LogP contribution in [0.1, 0.15) is 12.0 Å². The first kappa shape index (κ1) is 16.5. The fourth-order valence-electron chi connectivity index (χ4n) is 2.28. The van der Waals surface area contributed by atoms with Crippen molar-refractivity contribution in [2.24, 2.45) is 5.16 Å². The summed E-state index contributed by atoms with van der Waals surface area (Å²) in [4.78, 5) is 19.1. The van der Waals surface area contributed by atoms with Crippen molar-refractivity contribution in [2.45, 2.75) is 12.5 Å². The van der Waals surface area contributed by atoms with Crippen LogP contribution in [0.15, 0.2) is 42.1 Å². The molecule has 6 heteroatoms. The molecule has 0 unspecified atom stereocenters. The summed E-state index contributed by atoms with van der Waals surface area (Å²) in [6, 6.07) is 7.50. The van der Waals surface area contributed by atoms with Gasteiger partial charge in [0.2, 0.25) is 5.91 Å². The molecule has 0 aliphatic carbocycles. The summed E-state index contributed by atoms with van der Waals surface area (Å²) in [5, 5.41) is 4.75. The van der Waals surface area contributed by atoms with Gasteiger partial charge in [-0.05, 0) is 6.07 Å². The van der Waals surface area contributed by atoms with Gasteiger partial charge in [0.05, 0.1) is 12.3 Å². The zero-order valence-electron chi connectivity index (χ0n) is 12.5. The fraction of sp³-hybridized carbons (Fsp3) is 0.375. The van der Waals surface area contributed by atoms with Gasteiger partial charge in [0, 0.05) is 30.7 Å². The molecule has 5 nitrogen and oxygen atoms in total. The van der Waals surface area contributed by atoms with Crippen molar-refractivity contribution < 1.29 is 14.4 Å². The van der Waals surface area contributed by atoms with Crippen LogP contribution in [0.25, 0.3) is 0 Å². The van der Waals surface area contributed by atoms with Gasteiger partial charge >= 0.3 is 0 Å². The van der Waals surface area contributed by atoms with Crippen LogP contribution >= 0.6 is 11.6 Å². The molecule has 1 aliphatic rings. The molecule has 1 aliphatic heterocycles. The maximum Gasteiger partial charge on any atom is 0.248 e. The van der Waals surface area contributed by atoms with Crippen LogP contribution in [0.3, 0.4) is 0 Å². The van der Waals surface area contributed by atoms with E-state index < -0.39 is 0 Å². The molecule has 1 amide bonds. The Hall–Kier alpha value is -1.85. The first-order valence-electron chi connectivity index (χ1n) is 7.01. The first-order valence-corrected chi connectivity index (χ1v) is 7.38. The highest BCUT2D eigenvalue weighted by atomic mass is 35.5. The Morgan fingerprint density at radius 3 is 3.05 bits per heavy atom. The molecule has 0 N–H and O–H groups in total. The largest absolute Gasteiger partial charge is 0.390 e. The average molecular weight is 323 g/mol. The summed E-state index contributed by atoms with van der Waals surface area (Å²) >= 11 is 6.17. The molecule has 1 aromatic rings. The minimum Gasteiger partial charge on any atom is -0.390 e. The predicted octanol–water partition coefficient (Wildman–Crippen LogP) is 2.49. The molecule has 1 heterocycles. The summed E-state index contributed by atoms with van der Waals surface area (Å²) in [5.74, 6) is -0.0998. The predicted molar refractivity (Wildman–Crippen MR) is 86.1 cm³/mol. The van der Waals surface area contributed by atoms with Crippen LogP contribution < -0.4 is 0 Å². The fourth-order valence-corrected chi connectivity index (χ4v) is 2.52. The highest BCUT2D eigenvalue weighted by Crippen LogP contribution is 2.23. The Bertz CT molecular complexity index is 574. The quantitative estimate of drug-likeness (QED) is 0.725. The molecule has 1 aromatic carbocycles. The van der Waals surface area contributed by atoms with Crippen LogP contribution in [-0.2, 0) is 14.4 Å². The summed E-state index contributed by atoms with van der Waals surface area (Å²) in [6.07, 6.45) is 2.10. The molecule has 118 valence electrons. The number of hydrogen-bond acceptors (Lipinski definition) is 4. The monoisotopic (exact) mass is 322 g/mol. The number of carbonyl (C=O) groups is 1. The first-order chi connectivity index (χ1) is 10.7. The summed E-state index contributed by atoms with van der Waals surface area (Å²) in [7, 11) is 1.49. The van der Waals surface area contributed by atoms with Crippen LogP contribution in [-0.4, -0.2) is 49.4 Å². The highest BCUT2D eigenvalue weighted by molar-refractivity contribution is 6.34. The van der Waals surface area contributed by atoms with E-state index >= 15 is 0 Å². The molecular formula is C16H19ClN2O3. The van der Waals surface area contributed by atoms with E-state index in [9.17, 15) is 4.79 Å². The van der Waals surface area contributed by atoms with E-state index in [1.54, 1.807) is 11.0 Å². The van der Waals surface area contributed by atoms with Crippen molar-refractivity contribution in [3.63, 3.8) is 0 Å². The molecular weight excluding hydrogens is 304 g/mol. The van der Waals surface area contributed by atoms with Gasteiger partial charge in [-0.3, -0.25) is 4.79 Å². The molecule has 0 aromatic heterocycles. The topological polar surface area (TPSA) is 51.1 Å². The smallest absolute Gasteiger partial charge is 0.248 e. The van der Waals surface area contributed by atoms with Crippen LogP contribution in [0.2, 0.25) is 5.02 Å². The van der Waals surface area contributed by atoms with Gasteiger partial charge in [-0.1, -0.05) is 41.0 Å². The van der Waals surface area contributed by atoms with E-state index in [-0.39, 0.29) is 18.6 Å². The SMILES string of the molecule is C=CCN(C[C@@H]1CC(c2ccccc2Cl)=NO1)C(=O)COC. The third-order valence-electron chi connectivity index (χ3n) is 3.31. The van der Waals surface area contributed by atoms with Gasteiger partial charge in [-0.25, -0.2) is 0 Å². The van der Waals surface area contributed by atoms with E-state index in [1.165, 1.54) is 7.11 Å². The molecule has 22 heavy (non-hydrogen) atoms. The second-order valence-corrected chi connectivity index (χ2v) is 5.38. The number of halogens is 1. The van der Waals surface area contributed by atoms with E-state index in [0.717, 1.165) is 11.3 Å². The molecule has 2 rings (SSSR count). The molecule has 0 radical (unpaired) electrons. The molecule has 0 spiro atoms. The maximum atomic E-state index is 12.0. The van der Waals surface area contributed by atoms with Gasteiger partial charge in [0.25, 0.3) is 0 Å². The van der Waals surface area contributed by atoms with Gasteiger partial charge in [0.1, 0.15) is 6.61 Å². The normalized spacial score (nSPS) is 16.8. The van der Waals surface area contributed by atoms with Crippen LogP contribution in [0, 0.1) is 0 Å². The third kappa shape index (κ3) is 4.08. The average Bonchev–Trinajstić information content (AvgIpc) is 2.96. The van der Waals surface area contributed by atoms with E-state index in [1.807, 2.05) is 24.3 Å². The summed E-state index contributed by atoms with van der Waals surface area (Å²) in [5.41, 5.74) is 1.67. The van der Waals surface area contributed by atoms with Crippen LogP contribution in [0.5, 0.6) is 0 Å². The van der Waals surface area contributed by atoms with Crippen molar-refractivity contribution in [3.8, 4) is 0 Å². The maximum absolute atomic E-state index is 12.0. The molecule has 1 atom stereocenters. The Kier molecular flexibility index (Phi) is 5.98. The van der Waals surface area contributed by atoms with Gasteiger partial charge < -0.3 is 14.5 Å². The number of rotatable bonds is 7. The van der Waals surface area contributed by atoms with Crippen LogP contribution in [0.4, 0.5) is 0 Å². The van der Waals surface area contributed by atoms with Gasteiger partial charge in [0.15, 0.2) is 6.10 Å². The lowest BCUT2D eigenvalue weighted by atomic mass is 10.0. The summed E-state index contributed by atoms with van der Waals surface area (Å²) < 4.78 is 4.89. The number of benzene rings is 1. The number of oxime groups is 1. The minimum absolute atomic E-state index is 0.0405. The lowest BCUT2D eigenvalue weighted by molar-refractivity contribution is -0.136. The Balaban J connectivity index is 1.97. The number of nitrogens with zero attached hydrogens (tertiary/aromatic N) is 2. The highest BCUT2D eigenvalue weighted by Gasteiger charge is 2.27. The Morgan fingerprint density at radius 1 is 1.59 bits per heavy atom. The second-order valence-electron chi connectivity index (χ2n) is 4.97. The van der Waals surface area contributed by atoms with Crippen molar-refractivity contribution in [1.29, 1.82) is 0 Å². The number of methoxy groups -OCH3 is 1. The van der Waals surface area contributed by atoms with E-state index in [4.69, 9.17) is 21.2 Å². The molecule has 0 fully saturated rings. The zero-order valence-corrected chi connectivity index (χ0v) is 13.3. The lowest BCUT2D eigenvalue weighted by Crippen LogP contribution is -2.39. The van der Waals surface area contributed by atoms with Crippen molar-refractivity contribution in [2.75, 3.05) is 26.8 Å². The number of ether oxygens (including phenoxy) is 1. The Morgan fingerprint density at radius 2 is 2.36 bits per heavy atom. The Labute approximate surface area is 135 Å². The number of amides is 1. The zero-order chi connectivity index (χ0) is 15.9. The molecule has 0 bridgehead atoms. The molecule has 0 saturated heterocycles. The van der Waals surface area contributed by atoms with Gasteiger partial charge in [-0.2, -0.15) is 0 Å². The lowest BCUT2D eigenvalue weighted by Gasteiger charge is -2.23. The van der Waals surface area contributed by atoms with Gasteiger partial charge in [-0.15, -0.1) is 6.58 Å². The molecule has 0 saturated carbocycles. The standard InChI is InChI=1S/C16H19ClN2O3/c1-3-8-19(16(20)11-21-2)10-12-9-15(18-22-12)13-6-4-5-7-14(13)17/h3-7,12H,1,8-11H2,2H3/t12-/m0/s1. The second kappa shape index (κ2) is 7.96. The van der Waals surface area contributed by atoms with Crippen molar-refractivity contribution in [3.05, 3.63) is 47.5 Å². The number of carbonyl (C=O) groups excluding carboxylic acids is 1. The van der Waals surface area contributed by atoms with Crippen molar-refractivity contribution in [1.82, 2.24) is 4.90 Å². The van der Waals surface area contributed by atoms with E-state index in [0.29, 0.717) is 24.5 Å². The van der Waals surface area contributed by atoms with Crippen molar-refractivity contribution >= 4 is 23.2 Å².